The number of benzene rings is 2. The fourth-order valence-electron chi connectivity index (χ4n) is 4.64. The predicted molar refractivity (Wildman–Crippen MR) is 163 cm³/mol. The Morgan fingerprint density at radius 3 is 2.20 bits per heavy atom. The van der Waals surface area contributed by atoms with Gasteiger partial charge in [-0.3, -0.25) is 14.5 Å². The standard InChI is InChI=1S/C32H38FNO9S/c1-7-40-28(36)10-9-22(35)27-15-21-26(44-27)16-25(39-6)30(29(21)33)42-12-8-11-41-24-14-20-18-34(31(37)43-32(2,3)4)17-19(20)13-23(24)38-5/h13-16H,7-12,17-18H2,1-6H3. The van der Waals surface area contributed by atoms with Crippen molar-refractivity contribution in [3.05, 3.63) is 46.1 Å². The summed E-state index contributed by atoms with van der Waals surface area (Å²) in [6, 6.07) is 6.82. The first-order valence-corrected chi connectivity index (χ1v) is 15.2. The Morgan fingerprint density at radius 2 is 1.57 bits per heavy atom. The van der Waals surface area contributed by atoms with E-state index in [4.69, 9.17) is 28.4 Å². The minimum atomic E-state index is -0.629. The third-order valence-electron chi connectivity index (χ3n) is 6.69. The molecule has 0 radical (unpaired) electrons. The monoisotopic (exact) mass is 631 g/mol. The molecule has 0 aliphatic carbocycles. The molecule has 0 unspecified atom stereocenters. The van der Waals surface area contributed by atoms with Gasteiger partial charge in [0.1, 0.15) is 5.60 Å². The Kier molecular flexibility index (Phi) is 10.6. The Bertz CT molecular complexity index is 1530. The second kappa shape index (κ2) is 14.1. The van der Waals surface area contributed by atoms with Crippen LogP contribution in [0.1, 0.15) is 67.8 Å². The lowest BCUT2D eigenvalue weighted by Gasteiger charge is -2.24. The molecular formula is C32H38FNO9S. The van der Waals surface area contributed by atoms with Crippen LogP contribution >= 0.6 is 11.3 Å². The highest BCUT2D eigenvalue weighted by atomic mass is 32.1. The van der Waals surface area contributed by atoms with Crippen molar-refractivity contribution in [2.45, 2.75) is 65.6 Å². The van der Waals surface area contributed by atoms with Crippen LogP contribution in [-0.4, -0.2) is 62.4 Å². The molecule has 0 atom stereocenters. The predicted octanol–water partition coefficient (Wildman–Crippen LogP) is 6.68. The van der Waals surface area contributed by atoms with E-state index in [9.17, 15) is 14.4 Å². The highest BCUT2D eigenvalue weighted by Crippen LogP contribution is 2.40. The molecule has 0 bridgehead atoms. The van der Waals surface area contributed by atoms with Gasteiger partial charge in [0.25, 0.3) is 0 Å². The minimum absolute atomic E-state index is 0.0230. The fourth-order valence-corrected chi connectivity index (χ4v) is 5.70. The Morgan fingerprint density at radius 1 is 0.909 bits per heavy atom. The average Bonchev–Trinajstić information content (AvgIpc) is 3.60. The summed E-state index contributed by atoms with van der Waals surface area (Å²) < 4.78 is 49.1. The summed E-state index contributed by atoms with van der Waals surface area (Å²) in [5, 5.41) is 0.241. The Balaban J connectivity index is 1.36. The number of nitrogens with zero attached hydrogens (tertiary/aromatic N) is 1. The number of ether oxygens (including phenoxy) is 6. The van der Waals surface area contributed by atoms with Crippen molar-refractivity contribution in [1.82, 2.24) is 4.90 Å². The summed E-state index contributed by atoms with van der Waals surface area (Å²) >= 11 is 1.13. The van der Waals surface area contributed by atoms with Crippen molar-refractivity contribution in [1.29, 1.82) is 0 Å². The van der Waals surface area contributed by atoms with E-state index < -0.39 is 17.4 Å². The molecule has 12 heteroatoms. The van der Waals surface area contributed by atoms with Gasteiger partial charge in [-0.05, 0) is 57.0 Å². The van der Waals surface area contributed by atoms with Gasteiger partial charge in [0.05, 0.1) is 45.3 Å². The summed E-state index contributed by atoms with van der Waals surface area (Å²) in [5.41, 5.74) is 1.31. The molecule has 2 aromatic carbocycles. The summed E-state index contributed by atoms with van der Waals surface area (Å²) in [6.07, 6.45) is -0.0190. The Labute approximate surface area is 259 Å². The van der Waals surface area contributed by atoms with Gasteiger partial charge in [0.2, 0.25) is 0 Å². The van der Waals surface area contributed by atoms with E-state index in [1.54, 1.807) is 25.0 Å². The topological polar surface area (TPSA) is 110 Å². The van der Waals surface area contributed by atoms with Crippen molar-refractivity contribution in [2.75, 3.05) is 34.0 Å². The van der Waals surface area contributed by atoms with Crippen LogP contribution in [0.2, 0.25) is 0 Å². The number of thiophene rings is 1. The normalized spacial score (nSPS) is 12.6. The molecule has 1 aliphatic rings. The van der Waals surface area contributed by atoms with E-state index in [2.05, 4.69) is 0 Å². The number of ketones is 1. The first-order valence-electron chi connectivity index (χ1n) is 14.4. The van der Waals surface area contributed by atoms with Gasteiger partial charge in [0.15, 0.2) is 34.6 Å². The van der Waals surface area contributed by atoms with Gasteiger partial charge in [-0.2, -0.15) is 0 Å². The van der Waals surface area contributed by atoms with Crippen LogP contribution in [-0.2, 0) is 27.4 Å². The molecular weight excluding hydrogens is 593 g/mol. The summed E-state index contributed by atoms with van der Waals surface area (Å²) in [5.74, 6) is -0.125. The zero-order valence-electron chi connectivity index (χ0n) is 25.9. The molecule has 4 rings (SSSR count). The number of amides is 1. The number of methoxy groups -OCH3 is 2. The first-order chi connectivity index (χ1) is 20.9. The second-order valence-electron chi connectivity index (χ2n) is 11.1. The number of esters is 1. The summed E-state index contributed by atoms with van der Waals surface area (Å²) in [4.78, 5) is 38.7. The molecule has 0 fully saturated rings. The molecule has 10 nitrogen and oxygen atoms in total. The SMILES string of the molecule is CCOC(=O)CCC(=O)c1cc2c(F)c(OCCCOc3cc4c(cc3OC)CN(C(=O)OC(C)(C)C)C4)c(OC)cc2s1. The molecule has 1 amide bonds. The number of hydrogen-bond donors (Lipinski definition) is 0. The largest absolute Gasteiger partial charge is 0.493 e. The van der Waals surface area contributed by atoms with Crippen molar-refractivity contribution >= 4 is 39.3 Å². The van der Waals surface area contributed by atoms with E-state index in [-0.39, 0.29) is 61.4 Å². The van der Waals surface area contributed by atoms with E-state index in [1.807, 2.05) is 32.9 Å². The van der Waals surface area contributed by atoms with Crippen LogP contribution < -0.4 is 18.9 Å². The molecule has 44 heavy (non-hydrogen) atoms. The van der Waals surface area contributed by atoms with Crippen LogP contribution in [0.25, 0.3) is 10.1 Å². The van der Waals surface area contributed by atoms with Crippen molar-refractivity contribution in [3.8, 4) is 23.0 Å². The molecule has 0 spiro atoms. The van der Waals surface area contributed by atoms with Crippen molar-refractivity contribution in [3.63, 3.8) is 0 Å². The lowest BCUT2D eigenvalue weighted by atomic mass is 10.1. The molecule has 0 saturated heterocycles. The number of carbonyl (C=O) groups excluding carboxylic acids is 3. The molecule has 0 saturated carbocycles. The Hall–Kier alpha value is -4.06. The van der Waals surface area contributed by atoms with E-state index in [0.29, 0.717) is 40.6 Å². The van der Waals surface area contributed by atoms with Gasteiger partial charge in [-0.25, -0.2) is 9.18 Å². The first kappa shape index (κ1) is 32.8. The van der Waals surface area contributed by atoms with Gasteiger partial charge < -0.3 is 28.4 Å². The van der Waals surface area contributed by atoms with Gasteiger partial charge in [-0.1, -0.05) is 0 Å². The molecule has 0 N–H and O–H groups in total. The molecule has 1 aliphatic heterocycles. The van der Waals surface area contributed by atoms with Crippen LogP contribution in [0.5, 0.6) is 23.0 Å². The summed E-state index contributed by atoms with van der Waals surface area (Å²) in [7, 11) is 2.97. The van der Waals surface area contributed by atoms with Crippen LogP contribution in [0, 0.1) is 5.82 Å². The quantitative estimate of drug-likeness (QED) is 0.116. The molecule has 3 aromatic rings. The maximum absolute atomic E-state index is 15.5. The molecule has 2 heterocycles. The van der Waals surface area contributed by atoms with Crippen molar-refractivity contribution < 1.29 is 47.2 Å². The number of rotatable bonds is 13. The summed E-state index contributed by atoms with van der Waals surface area (Å²) in [6.45, 7) is 8.63. The van der Waals surface area contributed by atoms with Crippen LogP contribution in [0.4, 0.5) is 9.18 Å². The van der Waals surface area contributed by atoms with Gasteiger partial charge >= 0.3 is 12.1 Å². The number of carbonyl (C=O) groups is 3. The minimum Gasteiger partial charge on any atom is -0.493 e. The lowest BCUT2D eigenvalue weighted by molar-refractivity contribution is -0.143. The van der Waals surface area contributed by atoms with Gasteiger partial charge in [0, 0.05) is 42.1 Å². The smallest absolute Gasteiger partial charge is 0.410 e. The zero-order chi connectivity index (χ0) is 32.0. The van der Waals surface area contributed by atoms with E-state index >= 15 is 4.39 Å². The second-order valence-corrected chi connectivity index (χ2v) is 12.2. The molecule has 238 valence electrons. The molecule has 1 aromatic heterocycles. The van der Waals surface area contributed by atoms with E-state index in [1.165, 1.54) is 13.2 Å². The third-order valence-corrected chi connectivity index (χ3v) is 7.81. The number of Topliss-reactive ketones (excluding diaryl/α,β-unsaturated/α-hetero) is 1. The highest BCUT2D eigenvalue weighted by molar-refractivity contribution is 7.20. The number of halogens is 1. The highest BCUT2D eigenvalue weighted by Gasteiger charge is 2.29. The zero-order valence-corrected chi connectivity index (χ0v) is 26.7. The lowest BCUT2D eigenvalue weighted by Crippen LogP contribution is -2.33. The third kappa shape index (κ3) is 7.90. The number of hydrogen-bond acceptors (Lipinski definition) is 10. The van der Waals surface area contributed by atoms with E-state index in [0.717, 1.165) is 22.5 Å². The fraction of sp³-hybridized carbons (Fsp3) is 0.469. The average molecular weight is 632 g/mol. The van der Waals surface area contributed by atoms with Crippen LogP contribution in [0.3, 0.4) is 0 Å². The number of fused-ring (bicyclic) bond motifs is 2. The van der Waals surface area contributed by atoms with Gasteiger partial charge in [-0.15, -0.1) is 11.3 Å². The van der Waals surface area contributed by atoms with Crippen LogP contribution in [0.15, 0.2) is 24.3 Å². The van der Waals surface area contributed by atoms with Crippen molar-refractivity contribution in [2.24, 2.45) is 0 Å². The maximum atomic E-state index is 15.5. The maximum Gasteiger partial charge on any atom is 0.410 e.